The van der Waals surface area contributed by atoms with E-state index >= 15 is 0 Å². The van der Waals surface area contributed by atoms with Crippen molar-refractivity contribution in [3.05, 3.63) is 102 Å². The molecule has 172 valence electrons. The zero-order valence-corrected chi connectivity index (χ0v) is 20.4. The third-order valence-corrected chi connectivity index (χ3v) is 6.17. The summed E-state index contributed by atoms with van der Waals surface area (Å²) in [7, 11) is 0. The number of hydrogen-bond acceptors (Lipinski definition) is 1. The minimum Gasteiger partial charge on any atom is -0.494 e. The highest BCUT2D eigenvalue weighted by molar-refractivity contribution is 5.85. The smallest absolute Gasteiger partial charge is 0.119 e. The van der Waals surface area contributed by atoms with Crippen LogP contribution in [0.4, 0.5) is 0 Å². The fourth-order valence-electron chi connectivity index (χ4n) is 4.06. The molecule has 0 fully saturated rings. The number of fused-ring (bicyclic) bond motifs is 1. The summed E-state index contributed by atoms with van der Waals surface area (Å²) in [5.41, 5.74) is 5.96. The van der Waals surface area contributed by atoms with E-state index in [-0.39, 0.29) is 0 Å². The number of rotatable bonds is 9. The van der Waals surface area contributed by atoms with Crippen LogP contribution in [0, 0.1) is 11.8 Å². The Labute approximate surface area is 204 Å². The molecule has 0 radical (unpaired) electrons. The molecule has 1 nitrogen and oxygen atoms in total. The lowest BCUT2D eigenvalue weighted by Gasteiger charge is -2.06. The fraction of sp³-hybridized carbons (Fsp3) is 0.273. The van der Waals surface area contributed by atoms with Crippen molar-refractivity contribution in [2.24, 2.45) is 0 Å². The summed E-state index contributed by atoms with van der Waals surface area (Å²) < 4.78 is 5.83. The summed E-state index contributed by atoms with van der Waals surface area (Å²) in [6.45, 7) is 5.20. The number of ether oxygens (including phenoxy) is 1. The summed E-state index contributed by atoms with van der Waals surface area (Å²) >= 11 is 0. The van der Waals surface area contributed by atoms with Crippen molar-refractivity contribution in [2.45, 2.75) is 52.4 Å². The second-order valence-corrected chi connectivity index (χ2v) is 8.91. The van der Waals surface area contributed by atoms with Crippen LogP contribution in [-0.2, 0) is 6.42 Å². The van der Waals surface area contributed by atoms with E-state index in [1.54, 1.807) is 0 Å². The average Bonchev–Trinajstić information content (AvgIpc) is 2.88. The van der Waals surface area contributed by atoms with Crippen molar-refractivity contribution in [3.8, 4) is 28.7 Å². The third-order valence-electron chi connectivity index (χ3n) is 6.17. The SMILES string of the molecule is CCCCCc1ccc(-c2ccc(C#Cc3ccc4cc(OCCCC)ccc4c3)cc2)cc1. The molecule has 0 aromatic heterocycles. The summed E-state index contributed by atoms with van der Waals surface area (Å²) in [4.78, 5) is 0. The molecular weight excluding hydrogens is 412 g/mol. The molecule has 1 heteroatoms. The largest absolute Gasteiger partial charge is 0.494 e. The average molecular weight is 447 g/mol. The Kier molecular flexibility index (Phi) is 8.42. The number of hydrogen-bond donors (Lipinski definition) is 0. The minimum absolute atomic E-state index is 0.773. The Bertz CT molecular complexity index is 1250. The van der Waals surface area contributed by atoms with Gasteiger partial charge in [-0.15, -0.1) is 0 Å². The van der Waals surface area contributed by atoms with E-state index in [1.165, 1.54) is 53.1 Å². The summed E-state index contributed by atoms with van der Waals surface area (Å²) in [5.74, 6) is 7.57. The van der Waals surface area contributed by atoms with Gasteiger partial charge in [0.1, 0.15) is 5.75 Å². The lowest BCUT2D eigenvalue weighted by atomic mass is 10.0. The summed E-state index contributed by atoms with van der Waals surface area (Å²) in [6.07, 6.45) is 7.24. The molecule has 4 rings (SSSR count). The molecule has 4 aromatic carbocycles. The van der Waals surface area contributed by atoms with Gasteiger partial charge < -0.3 is 4.74 Å². The lowest BCUT2D eigenvalue weighted by molar-refractivity contribution is 0.310. The van der Waals surface area contributed by atoms with Crippen LogP contribution >= 0.6 is 0 Å². The van der Waals surface area contributed by atoms with Gasteiger partial charge in [0.15, 0.2) is 0 Å². The van der Waals surface area contributed by atoms with E-state index in [1.807, 2.05) is 6.07 Å². The molecule has 34 heavy (non-hydrogen) atoms. The quantitative estimate of drug-likeness (QED) is 0.184. The molecule has 0 unspecified atom stereocenters. The molecule has 0 aliphatic rings. The van der Waals surface area contributed by atoms with E-state index in [0.717, 1.165) is 36.3 Å². The Morgan fingerprint density at radius 2 is 1.21 bits per heavy atom. The standard InChI is InChI=1S/C33H34O/c1-3-5-7-8-26-11-16-29(17-12-26)30-18-13-27(14-19-30)9-10-28-15-20-32-25-33(34-23-6-4-2)22-21-31(32)24-28/h11-22,24-25H,3-8,23H2,1-2H3. The second kappa shape index (κ2) is 12.1. The summed E-state index contributed by atoms with van der Waals surface area (Å²) in [5, 5.41) is 2.36. The Balaban J connectivity index is 1.41. The third kappa shape index (κ3) is 6.52. The lowest BCUT2D eigenvalue weighted by Crippen LogP contribution is -1.96. The van der Waals surface area contributed by atoms with Gasteiger partial charge in [0.05, 0.1) is 6.61 Å². The van der Waals surface area contributed by atoms with E-state index in [9.17, 15) is 0 Å². The highest BCUT2D eigenvalue weighted by atomic mass is 16.5. The first-order valence-corrected chi connectivity index (χ1v) is 12.6. The molecule has 0 N–H and O–H groups in total. The molecule has 4 aromatic rings. The van der Waals surface area contributed by atoms with Gasteiger partial charge in [-0.05, 0) is 83.1 Å². The van der Waals surface area contributed by atoms with Crippen LogP contribution in [0.15, 0.2) is 84.9 Å². The molecule has 0 saturated carbocycles. The highest BCUT2D eigenvalue weighted by Gasteiger charge is 2.01. The van der Waals surface area contributed by atoms with Crippen molar-refractivity contribution < 1.29 is 4.74 Å². The van der Waals surface area contributed by atoms with Crippen LogP contribution in [-0.4, -0.2) is 6.61 Å². The normalized spacial score (nSPS) is 10.6. The van der Waals surface area contributed by atoms with Gasteiger partial charge >= 0.3 is 0 Å². The van der Waals surface area contributed by atoms with Crippen LogP contribution in [0.2, 0.25) is 0 Å². The van der Waals surface area contributed by atoms with Crippen LogP contribution in [0.1, 0.15) is 62.6 Å². The molecule has 0 heterocycles. The molecule has 0 amide bonds. The molecule has 0 aliphatic carbocycles. The molecule has 0 aliphatic heterocycles. The first-order valence-electron chi connectivity index (χ1n) is 12.6. The van der Waals surface area contributed by atoms with E-state index < -0.39 is 0 Å². The fourth-order valence-corrected chi connectivity index (χ4v) is 4.06. The Morgan fingerprint density at radius 1 is 0.588 bits per heavy atom. The van der Waals surface area contributed by atoms with Gasteiger partial charge in [0, 0.05) is 11.1 Å². The first kappa shape index (κ1) is 23.7. The van der Waals surface area contributed by atoms with Gasteiger partial charge in [-0.3, -0.25) is 0 Å². The van der Waals surface area contributed by atoms with E-state index in [0.29, 0.717) is 0 Å². The molecule has 0 bridgehead atoms. The maximum absolute atomic E-state index is 5.83. The zero-order valence-electron chi connectivity index (χ0n) is 20.4. The Morgan fingerprint density at radius 3 is 1.94 bits per heavy atom. The summed E-state index contributed by atoms with van der Waals surface area (Å²) in [6, 6.07) is 30.2. The van der Waals surface area contributed by atoms with Gasteiger partial charge in [-0.1, -0.05) is 93.5 Å². The molecule has 0 atom stereocenters. The van der Waals surface area contributed by atoms with Crippen molar-refractivity contribution in [1.82, 2.24) is 0 Å². The van der Waals surface area contributed by atoms with Crippen LogP contribution in [0.25, 0.3) is 21.9 Å². The van der Waals surface area contributed by atoms with Gasteiger partial charge in [-0.25, -0.2) is 0 Å². The van der Waals surface area contributed by atoms with Crippen molar-refractivity contribution in [1.29, 1.82) is 0 Å². The predicted molar refractivity (Wildman–Crippen MR) is 145 cm³/mol. The maximum atomic E-state index is 5.83. The van der Waals surface area contributed by atoms with Crippen molar-refractivity contribution in [2.75, 3.05) is 6.61 Å². The molecule has 0 saturated heterocycles. The van der Waals surface area contributed by atoms with Crippen molar-refractivity contribution in [3.63, 3.8) is 0 Å². The minimum atomic E-state index is 0.773. The zero-order chi connectivity index (χ0) is 23.6. The monoisotopic (exact) mass is 446 g/mol. The van der Waals surface area contributed by atoms with E-state index in [4.69, 9.17) is 4.74 Å². The molecule has 0 spiro atoms. The van der Waals surface area contributed by atoms with Gasteiger partial charge in [0.25, 0.3) is 0 Å². The van der Waals surface area contributed by atoms with Crippen molar-refractivity contribution >= 4 is 10.8 Å². The predicted octanol–water partition coefficient (Wildman–Crippen LogP) is 8.82. The first-order chi connectivity index (χ1) is 16.7. The van der Waals surface area contributed by atoms with Crippen LogP contribution in [0.5, 0.6) is 5.75 Å². The highest BCUT2D eigenvalue weighted by Crippen LogP contribution is 2.23. The second-order valence-electron chi connectivity index (χ2n) is 8.91. The van der Waals surface area contributed by atoms with Crippen LogP contribution < -0.4 is 4.74 Å². The van der Waals surface area contributed by atoms with Crippen LogP contribution in [0.3, 0.4) is 0 Å². The maximum Gasteiger partial charge on any atom is 0.119 e. The van der Waals surface area contributed by atoms with Gasteiger partial charge in [0.2, 0.25) is 0 Å². The number of benzene rings is 4. The topological polar surface area (TPSA) is 9.23 Å². The van der Waals surface area contributed by atoms with E-state index in [2.05, 4.69) is 105 Å². The molecular formula is C33H34O. The van der Waals surface area contributed by atoms with Gasteiger partial charge in [-0.2, -0.15) is 0 Å². The number of unbranched alkanes of at least 4 members (excludes halogenated alkanes) is 3. The number of aryl methyl sites for hydroxylation is 1. The Hall–Kier alpha value is -3.50.